The molecule has 1 atom stereocenters. The number of benzene rings is 1. The van der Waals surface area contributed by atoms with Crippen molar-refractivity contribution < 1.29 is 13.9 Å². The highest BCUT2D eigenvalue weighted by molar-refractivity contribution is 14.0. The summed E-state index contributed by atoms with van der Waals surface area (Å²) in [5.41, 5.74) is 1.23. The maximum absolute atomic E-state index is 12.1. The Kier molecular flexibility index (Phi) is 10.6. The summed E-state index contributed by atoms with van der Waals surface area (Å²) in [6, 6.07) is 12.1. The summed E-state index contributed by atoms with van der Waals surface area (Å²) in [7, 11) is 3.38. The third-order valence-electron chi connectivity index (χ3n) is 5.22. The molecule has 170 valence electrons. The van der Waals surface area contributed by atoms with E-state index in [1.54, 1.807) is 26.5 Å². The highest BCUT2D eigenvalue weighted by Crippen LogP contribution is 2.26. The number of hydrogen-bond donors (Lipinski definition) is 3. The molecule has 31 heavy (non-hydrogen) atoms. The maximum atomic E-state index is 12.1. The van der Waals surface area contributed by atoms with Crippen molar-refractivity contribution in [2.45, 2.75) is 25.4 Å². The van der Waals surface area contributed by atoms with Gasteiger partial charge in [0.25, 0.3) is 0 Å². The van der Waals surface area contributed by atoms with E-state index in [4.69, 9.17) is 9.15 Å². The van der Waals surface area contributed by atoms with Gasteiger partial charge < -0.3 is 25.1 Å². The number of guanidine groups is 1. The Bertz CT molecular complexity index is 805. The van der Waals surface area contributed by atoms with Crippen molar-refractivity contribution in [1.29, 1.82) is 0 Å². The standard InChI is InChI=1S/C22H31N5O3.HI/c1-23-22(26-16-21(28)24-14-19-6-5-13-30-19)25-15-20(27-11-3-4-12-27)17-7-9-18(29-2)10-8-17;/h5-10,13,20H,3-4,11-12,14-16H2,1-2H3,(H,24,28)(H2,23,25,26);1H. The van der Waals surface area contributed by atoms with Crippen LogP contribution in [0.25, 0.3) is 0 Å². The fourth-order valence-electron chi connectivity index (χ4n) is 3.58. The van der Waals surface area contributed by atoms with Gasteiger partial charge in [-0.1, -0.05) is 12.1 Å². The Labute approximate surface area is 200 Å². The number of ether oxygens (including phenoxy) is 1. The highest BCUT2D eigenvalue weighted by Gasteiger charge is 2.23. The third kappa shape index (κ3) is 7.73. The number of nitrogens with one attached hydrogen (secondary N) is 3. The van der Waals surface area contributed by atoms with Crippen LogP contribution in [0.15, 0.2) is 52.1 Å². The Morgan fingerprint density at radius 1 is 1.16 bits per heavy atom. The fraction of sp³-hybridized carbons (Fsp3) is 0.455. The molecule has 0 bridgehead atoms. The summed E-state index contributed by atoms with van der Waals surface area (Å²) < 4.78 is 10.5. The van der Waals surface area contributed by atoms with Crippen LogP contribution in [0.2, 0.25) is 0 Å². The van der Waals surface area contributed by atoms with E-state index in [9.17, 15) is 4.79 Å². The summed E-state index contributed by atoms with van der Waals surface area (Å²) >= 11 is 0. The molecule has 1 aliphatic rings. The van der Waals surface area contributed by atoms with E-state index in [1.165, 1.54) is 18.4 Å². The van der Waals surface area contributed by atoms with Crippen LogP contribution in [0.5, 0.6) is 5.75 Å². The topological polar surface area (TPSA) is 91.1 Å². The largest absolute Gasteiger partial charge is 0.497 e. The van der Waals surface area contributed by atoms with E-state index >= 15 is 0 Å². The number of likely N-dealkylation sites (tertiary alicyclic amines) is 1. The Morgan fingerprint density at radius 2 is 1.90 bits per heavy atom. The zero-order valence-corrected chi connectivity index (χ0v) is 20.4. The number of methoxy groups -OCH3 is 1. The van der Waals surface area contributed by atoms with Crippen LogP contribution in [0.4, 0.5) is 0 Å². The van der Waals surface area contributed by atoms with E-state index in [2.05, 4.69) is 38.0 Å². The second kappa shape index (κ2) is 13.2. The van der Waals surface area contributed by atoms with Crippen molar-refractivity contribution in [2.75, 3.05) is 40.3 Å². The minimum atomic E-state index is -0.124. The van der Waals surface area contributed by atoms with E-state index in [-0.39, 0.29) is 42.5 Å². The SMILES string of the molecule is CN=C(NCC(=O)NCc1ccco1)NCC(c1ccc(OC)cc1)N1CCCC1.I. The molecule has 1 unspecified atom stereocenters. The van der Waals surface area contributed by atoms with Crippen molar-refractivity contribution in [1.82, 2.24) is 20.9 Å². The second-order valence-electron chi connectivity index (χ2n) is 7.19. The average Bonchev–Trinajstić information content (AvgIpc) is 3.49. The Balaban J connectivity index is 0.00000341. The first-order chi connectivity index (χ1) is 14.7. The van der Waals surface area contributed by atoms with Gasteiger partial charge in [-0.2, -0.15) is 0 Å². The zero-order chi connectivity index (χ0) is 21.2. The average molecular weight is 541 g/mol. The van der Waals surface area contributed by atoms with Gasteiger partial charge in [0.05, 0.1) is 32.5 Å². The smallest absolute Gasteiger partial charge is 0.239 e. The lowest BCUT2D eigenvalue weighted by Gasteiger charge is -2.29. The molecule has 0 spiro atoms. The number of carbonyl (C=O) groups excluding carboxylic acids is 1. The molecule has 1 fully saturated rings. The molecule has 1 saturated heterocycles. The van der Waals surface area contributed by atoms with Crippen molar-refractivity contribution in [3.8, 4) is 5.75 Å². The molecule has 0 radical (unpaired) electrons. The summed E-state index contributed by atoms with van der Waals surface area (Å²) in [4.78, 5) is 18.8. The number of halogens is 1. The first kappa shape index (κ1) is 25.0. The minimum absolute atomic E-state index is 0. The van der Waals surface area contributed by atoms with Gasteiger partial charge in [-0.05, 0) is 55.8 Å². The van der Waals surface area contributed by atoms with Gasteiger partial charge in [0.1, 0.15) is 11.5 Å². The summed E-state index contributed by atoms with van der Waals surface area (Å²) in [6.07, 6.45) is 4.02. The molecule has 1 aliphatic heterocycles. The van der Waals surface area contributed by atoms with Gasteiger partial charge in [-0.15, -0.1) is 24.0 Å². The third-order valence-corrected chi connectivity index (χ3v) is 5.22. The summed E-state index contributed by atoms with van der Waals surface area (Å²) in [5, 5.41) is 9.25. The summed E-state index contributed by atoms with van der Waals surface area (Å²) in [5.74, 6) is 2.05. The van der Waals surface area contributed by atoms with Gasteiger partial charge in [0.15, 0.2) is 5.96 Å². The molecule has 1 aromatic carbocycles. The van der Waals surface area contributed by atoms with E-state index in [0.29, 0.717) is 19.0 Å². The lowest BCUT2D eigenvalue weighted by molar-refractivity contribution is -0.120. The molecule has 0 saturated carbocycles. The second-order valence-corrected chi connectivity index (χ2v) is 7.19. The number of hydrogen-bond acceptors (Lipinski definition) is 5. The van der Waals surface area contributed by atoms with Crippen LogP contribution in [0, 0.1) is 0 Å². The van der Waals surface area contributed by atoms with Crippen molar-refractivity contribution in [3.63, 3.8) is 0 Å². The number of carbonyl (C=O) groups is 1. The summed E-state index contributed by atoms with van der Waals surface area (Å²) in [6.45, 7) is 3.37. The number of furan rings is 1. The van der Waals surface area contributed by atoms with E-state index < -0.39 is 0 Å². The highest BCUT2D eigenvalue weighted by atomic mass is 127. The minimum Gasteiger partial charge on any atom is -0.497 e. The molecule has 8 nitrogen and oxygen atoms in total. The van der Waals surface area contributed by atoms with Crippen LogP contribution >= 0.6 is 24.0 Å². The molecular formula is C22H32IN5O3. The van der Waals surface area contributed by atoms with Gasteiger partial charge >= 0.3 is 0 Å². The Hall–Kier alpha value is -2.27. The monoisotopic (exact) mass is 541 g/mol. The van der Waals surface area contributed by atoms with Crippen LogP contribution in [-0.4, -0.2) is 57.1 Å². The number of amides is 1. The van der Waals surface area contributed by atoms with Gasteiger partial charge in [-0.3, -0.25) is 14.7 Å². The van der Waals surface area contributed by atoms with E-state index in [0.717, 1.165) is 24.6 Å². The molecule has 3 rings (SSSR count). The van der Waals surface area contributed by atoms with E-state index in [1.807, 2.05) is 18.2 Å². The van der Waals surface area contributed by atoms with Crippen molar-refractivity contribution in [3.05, 3.63) is 54.0 Å². The van der Waals surface area contributed by atoms with Gasteiger partial charge in [-0.25, -0.2) is 0 Å². The van der Waals surface area contributed by atoms with Crippen LogP contribution in [-0.2, 0) is 11.3 Å². The fourth-order valence-corrected chi connectivity index (χ4v) is 3.58. The maximum Gasteiger partial charge on any atom is 0.239 e. The lowest BCUT2D eigenvalue weighted by Crippen LogP contribution is -2.45. The predicted molar refractivity (Wildman–Crippen MR) is 132 cm³/mol. The first-order valence-electron chi connectivity index (χ1n) is 10.3. The van der Waals surface area contributed by atoms with Gasteiger partial charge in [0, 0.05) is 13.6 Å². The molecular weight excluding hydrogens is 509 g/mol. The molecule has 3 N–H and O–H groups in total. The van der Waals surface area contributed by atoms with Gasteiger partial charge in [0.2, 0.25) is 5.91 Å². The molecule has 1 aromatic heterocycles. The zero-order valence-electron chi connectivity index (χ0n) is 18.1. The predicted octanol–water partition coefficient (Wildman–Crippen LogP) is 2.52. The number of rotatable bonds is 9. The molecule has 2 aromatic rings. The van der Waals surface area contributed by atoms with Crippen molar-refractivity contribution >= 4 is 35.8 Å². The number of nitrogens with zero attached hydrogens (tertiary/aromatic N) is 2. The first-order valence-corrected chi connectivity index (χ1v) is 10.3. The molecule has 1 amide bonds. The Morgan fingerprint density at radius 3 is 2.52 bits per heavy atom. The molecule has 9 heteroatoms. The lowest BCUT2D eigenvalue weighted by atomic mass is 10.1. The van der Waals surface area contributed by atoms with Crippen LogP contribution in [0.1, 0.15) is 30.2 Å². The van der Waals surface area contributed by atoms with Crippen molar-refractivity contribution in [2.24, 2.45) is 4.99 Å². The van der Waals surface area contributed by atoms with Crippen LogP contribution < -0.4 is 20.7 Å². The molecule has 2 heterocycles. The number of aliphatic imine (C=N–C) groups is 1. The quantitative estimate of drug-likeness (QED) is 0.257. The molecule has 0 aliphatic carbocycles. The normalized spacial score (nSPS) is 15.1. The van der Waals surface area contributed by atoms with Crippen LogP contribution in [0.3, 0.4) is 0 Å².